The summed E-state index contributed by atoms with van der Waals surface area (Å²) in [4.78, 5) is 0. The topological polar surface area (TPSA) is 0 Å². The van der Waals surface area contributed by atoms with Crippen LogP contribution in [0.4, 0.5) is 8.78 Å². The van der Waals surface area contributed by atoms with E-state index in [0.29, 0.717) is 24.7 Å². The van der Waals surface area contributed by atoms with Crippen LogP contribution in [-0.4, -0.2) is 6.43 Å². The molecule has 2 aliphatic carbocycles. The van der Waals surface area contributed by atoms with Gasteiger partial charge in [-0.1, -0.05) is 93.7 Å². The lowest BCUT2D eigenvalue weighted by Gasteiger charge is -2.42. The first-order chi connectivity index (χ1) is 13.6. The molecule has 0 N–H and O–H groups in total. The van der Waals surface area contributed by atoms with Gasteiger partial charge in [0.05, 0.1) is 0 Å². The number of unbranched alkanes of at least 4 members (excludes halogenated alkanes) is 4. The number of hydrogen-bond acceptors (Lipinski definition) is 0. The van der Waals surface area contributed by atoms with Gasteiger partial charge in [-0.25, -0.2) is 8.78 Å². The third-order valence-electron chi connectivity index (χ3n) is 7.01. The van der Waals surface area contributed by atoms with Gasteiger partial charge in [0.15, 0.2) is 0 Å². The van der Waals surface area contributed by atoms with Crippen molar-refractivity contribution in [3.05, 3.63) is 60.2 Å². The Balaban J connectivity index is 1.68. The van der Waals surface area contributed by atoms with Crippen molar-refractivity contribution in [3.63, 3.8) is 0 Å². The summed E-state index contributed by atoms with van der Waals surface area (Å²) >= 11 is 0. The van der Waals surface area contributed by atoms with Crippen LogP contribution in [0.5, 0.6) is 0 Å². The fraction of sp³-hybridized carbons (Fsp3) is 0.615. The molecule has 2 aliphatic rings. The van der Waals surface area contributed by atoms with E-state index in [1.807, 2.05) is 0 Å². The molecule has 0 saturated heterocycles. The second-order valence-corrected chi connectivity index (χ2v) is 8.88. The van der Waals surface area contributed by atoms with Crippen molar-refractivity contribution >= 4 is 0 Å². The van der Waals surface area contributed by atoms with Crippen molar-refractivity contribution in [2.45, 2.75) is 83.5 Å². The largest absolute Gasteiger partial charge is 0.241 e. The lowest BCUT2D eigenvalue weighted by Crippen LogP contribution is -2.33. The van der Waals surface area contributed by atoms with Crippen molar-refractivity contribution < 1.29 is 8.78 Å². The van der Waals surface area contributed by atoms with E-state index in [0.717, 1.165) is 19.3 Å². The van der Waals surface area contributed by atoms with Crippen LogP contribution < -0.4 is 0 Å². The molecule has 0 unspecified atom stereocenters. The van der Waals surface area contributed by atoms with Crippen LogP contribution in [0.25, 0.3) is 0 Å². The average Bonchev–Trinajstić information content (AvgIpc) is 2.75. The summed E-state index contributed by atoms with van der Waals surface area (Å²) in [6, 6.07) is 10.6. The fourth-order valence-electron chi connectivity index (χ4n) is 5.17. The quantitative estimate of drug-likeness (QED) is 0.296. The highest BCUT2D eigenvalue weighted by Gasteiger charge is 2.39. The summed E-state index contributed by atoms with van der Waals surface area (Å²) in [5.74, 6) is 0.469. The molecule has 28 heavy (non-hydrogen) atoms. The summed E-state index contributed by atoms with van der Waals surface area (Å²) in [6.07, 6.45) is 18.3. The Morgan fingerprint density at radius 2 is 1.54 bits per heavy atom. The molecule has 0 amide bonds. The van der Waals surface area contributed by atoms with Gasteiger partial charge in [0.25, 0.3) is 0 Å². The number of alkyl halides is 2. The Hall–Kier alpha value is -1.44. The first-order valence-electron chi connectivity index (χ1n) is 11.4. The van der Waals surface area contributed by atoms with Crippen molar-refractivity contribution in [3.8, 4) is 0 Å². The Labute approximate surface area is 170 Å². The molecule has 2 heteroatoms. The van der Waals surface area contributed by atoms with E-state index in [-0.39, 0.29) is 11.3 Å². The molecule has 0 spiro atoms. The molecular weight excluding hydrogens is 350 g/mol. The van der Waals surface area contributed by atoms with Crippen LogP contribution in [0.3, 0.4) is 0 Å². The molecular formula is C26H36F2. The van der Waals surface area contributed by atoms with Gasteiger partial charge >= 0.3 is 0 Å². The first-order valence-corrected chi connectivity index (χ1v) is 11.4. The van der Waals surface area contributed by atoms with E-state index in [1.165, 1.54) is 37.7 Å². The molecule has 0 nitrogen and oxygen atoms in total. The van der Waals surface area contributed by atoms with Crippen LogP contribution in [0.2, 0.25) is 0 Å². The van der Waals surface area contributed by atoms with Crippen LogP contribution in [0.1, 0.15) is 82.6 Å². The monoisotopic (exact) mass is 386 g/mol. The van der Waals surface area contributed by atoms with Crippen LogP contribution >= 0.6 is 0 Å². The highest BCUT2D eigenvalue weighted by Crippen LogP contribution is 2.49. The molecule has 0 atom stereocenters. The van der Waals surface area contributed by atoms with E-state index >= 15 is 0 Å². The maximum atomic E-state index is 13.1. The maximum absolute atomic E-state index is 13.1. The van der Waals surface area contributed by atoms with Crippen molar-refractivity contribution in [2.24, 2.45) is 17.3 Å². The van der Waals surface area contributed by atoms with Crippen molar-refractivity contribution in [2.75, 3.05) is 0 Å². The molecule has 0 heterocycles. The van der Waals surface area contributed by atoms with E-state index in [2.05, 4.69) is 61.6 Å². The van der Waals surface area contributed by atoms with Crippen LogP contribution in [-0.2, 0) is 0 Å². The third-order valence-corrected chi connectivity index (χ3v) is 7.01. The smallest absolute Gasteiger partial charge is 0.210 e. The number of allylic oxidation sites excluding steroid dienone is 4. The number of rotatable bonds is 9. The summed E-state index contributed by atoms with van der Waals surface area (Å²) in [7, 11) is 0. The third kappa shape index (κ3) is 5.33. The SMILES string of the molecule is CCCCCCCC1(C2CCC(C(F)F)CC2)C=CC(c2ccccc2)C=C1. The van der Waals surface area contributed by atoms with Gasteiger partial charge in [0.2, 0.25) is 6.43 Å². The molecule has 0 bridgehead atoms. The van der Waals surface area contributed by atoms with Gasteiger partial charge < -0.3 is 0 Å². The number of halogens is 2. The van der Waals surface area contributed by atoms with E-state index in [9.17, 15) is 8.78 Å². The zero-order valence-electron chi connectivity index (χ0n) is 17.3. The first kappa shape index (κ1) is 21.3. The normalized spacial score (nSPS) is 30.1. The highest BCUT2D eigenvalue weighted by atomic mass is 19.3. The molecule has 3 rings (SSSR count). The second kappa shape index (κ2) is 10.4. The predicted octanol–water partition coefficient (Wildman–Crippen LogP) is 8.31. The Bertz CT molecular complexity index is 609. The molecule has 0 aromatic heterocycles. The molecule has 1 aromatic rings. The lowest BCUT2D eigenvalue weighted by molar-refractivity contribution is 0.0344. The molecule has 1 fully saturated rings. The molecule has 0 radical (unpaired) electrons. The van der Waals surface area contributed by atoms with Gasteiger partial charge in [-0.15, -0.1) is 0 Å². The van der Waals surface area contributed by atoms with E-state index in [4.69, 9.17) is 0 Å². The Morgan fingerprint density at radius 3 is 2.14 bits per heavy atom. The molecule has 154 valence electrons. The van der Waals surface area contributed by atoms with Crippen LogP contribution in [0.15, 0.2) is 54.6 Å². The standard InChI is InChI=1S/C26H36F2/c1-2-3-4-5-9-18-26(24-14-12-23(13-15-24)25(27)28)19-16-22(17-20-26)21-10-7-6-8-11-21/h6-8,10-11,16-17,19-20,22-25H,2-5,9,12-15,18H2,1H3. The zero-order chi connectivity index (χ0) is 19.8. The predicted molar refractivity (Wildman–Crippen MR) is 115 cm³/mol. The minimum Gasteiger partial charge on any atom is -0.210 e. The number of hydrogen-bond donors (Lipinski definition) is 0. The fourth-order valence-corrected chi connectivity index (χ4v) is 5.17. The van der Waals surface area contributed by atoms with Crippen molar-refractivity contribution in [1.29, 1.82) is 0 Å². The molecule has 1 saturated carbocycles. The Morgan fingerprint density at radius 1 is 0.893 bits per heavy atom. The van der Waals surface area contributed by atoms with Gasteiger partial charge in [0.1, 0.15) is 0 Å². The van der Waals surface area contributed by atoms with Crippen LogP contribution in [0, 0.1) is 17.3 Å². The summed E-state index contributed by atoms with van der Waals surface area (Å²) < 4.78 is 26.2. The van der Waals surface area contributed by atoms with E-state index in [1.54, 1.807) is 0 Å². The molecule has 1 aromatic carbocycles. The van der Waals surface area contributed by atoms with Gasteiger partial charge in [0, 0.05) is 17.3 Å². The maximum Gasteiger partial charge on any atom is 0.241 e. The van der Waals surface area contributed by atoms with Gasteiger partial charge in [-0.2, -0.15) is 0 Å². The van der Waals surface area contributed by atoms with Gasteiger partial charge in [-0.3, -0.25) is 0 Å². The zero-order valence-corrected chi connectivity index (χ0v) is 17.3. The Kier molecular flexibility index (Phi) is 7.88. The minimum absolute atomic E-state index is 0.0740. The average molecular weight is 387 g/mol. The summed E-state index contributed by atoms with van der Waals surface area (Å²) in [6.45, 7) is 2.25. The lowest BCUT2D eigenvalue weighted by atomic mass is 9.62. The highest BCUT2D eigenvalue weighted by molar-refractivity contribution is 5.34. The number of benzene rings is 1. The second-order valence-electron chi connectivity index (χ2n) is 8.88. The van der Waals surface area contributed by atoms with E-state index < -0.39 is 6.43 Å². The summed E-state index contributed by atoms with van der Waals surface area (Å²) in [5, 5.41) is 0. The summed E-state index contributed by atoms with van der Waals surface area (Å²) in [5.41, 5.74) is 1.40. The van der Waals surface area contributed by atoms with Crippen molar-refractivity contribution in [1.82, 2.24) is 0 Å². The minimum atomic E-state index is -2.15. The van der Waals surface area contributed by atoms with Gasteiger partial charge in [-0.05, 0) is 43.6 Å². The molecule has 0 aliphatic heterocycles.